The lowest BCUT2D eigenvalue weighted by atomic mass is 9.65. The van der Waals surface area contributed by atoms with Gasteiger partial charge < -0.3 is 25.4 Å². The summed E-state index contributed by atoms with van der Waals surface area (Å²) in [6.07, 6.45) is -0.613. The van der Waals surface area contributed by atoms with E-state index in [1.165, 1.54) is 18.5 Å². The van der Waals surface area contributed by atoms with Crippen LogP contribution in [0.4, 0.5) is 5.95 Å². The fourth-order valence-electron chi connectivity index (χ4n) is 6.23. The van der Waals surface area contributed by atoms with E-state index in [1.807, 2.05) is 0 Å². The van der Waals surface area contributed by atoms with Crippen LogP contribution >= 0.6 is 11.6 Å². The van der Waals surface area contributed by atoms with Gasteiger partial charge in [-0.05, 0) is 35.4 Å². The number of hydrogen-bond acceptors (Lipinski definition) is 9. The van der Waals surface area contributed by atoms with Crippen LogP contribution in [0.3, 0.4) is 0 Å². The number of fused-ring (bicyclic) bond motifs is 1. The molecule has 0 unspecified atom stereocenters. The Morgan fingerprint density at radius 2 is 1.60 bits per heavy atom. The number of nitrogens with zero attached hydrogens (tertiary/aromatic N) is 4. The molecule has 0 saturated carbocycles. The van der Waals surface area contributed by atoms with Gasteiger partial charge in [0.05, 0.1) is 23.0 Å². The zero-order chi connectivity index (χ0) is 31.9. The van der Waals surface area contributed by atoms with Gasteiger partial charge in [0.25, 0.3) is 0 Å². The first-order chi connectivity index (χ1) is 21.6. The summed E-state index contributed by atoms with van der Waals surface area (Å²) in [6, 6.07) is 21.2. The lowest BCUT2D eigenvalue weighted by Gasteiger charge is -2.38. The van der Waals surface area contributed by atoms with E-state index in [0.29, 0.717) is 16.7 Å². The summed E-state index contributed by atoms with van der Waals surface area (Å²) >= 11 is 6.34. The van der Waals surface area contributed by atoms with Crippen molar-refractivity contribution in [2.24, 2.45) is 0 Å². The molecule has 1 aliphatic rings. The highest BCUT2D eigenvalue weighted by atomic mass is 35.5. The van der Waals surface area contributed by atoms with Crippen molar-refractivity contribution in [1.82, 2.24) is 19.5 Å². The Morgan fingerprint density at radius 1 is 0.956 bits per heavy atom. The topological polar surface area (TPSA) is 180 Å². The number of aromatic carboxylic acids is 2. The quantitative estimate of drug-likeness (QED) is 0.156. The molecule has 3 aromatic carbocycles. The van der Waals surface area contributed by atoms with Gasteiger partial charge in [0.15, 0.2) is 10.8 Å². The van der Waals surface area contributed by atoms with Crippen LogP contribution < -0.4 is 5.73 Å². The number of ether oxygens (including phenoxy) is 2. The number of carbonyl (C=O) groups excluding carboxylic acids is 1. The van der Waals surface area contributed by atoms with Crippen molar-refractivity contribution in [3.05, 3.63) is 118 Å². The lowest BCUT2D eigenvalue weighted by molar-refractivity contribution is -0.0432. The molecule has 6 rings (SSSR count). The minimum atomic E-state index is -1.33. The molecular weight excluding hydrogens is 602 g/mol. The molecule has 1 fully saturated rings. The molecule has 228 valence electrons. The number of anilines is 1. The van der Waals surface area contributed by atoms with Crippen molar-refractivity contribution < 1.29 is 34.1 Å². The van der Waals surface area contributed by atoms with E-state index in [2.05, 4.69) is 15.0 Å². The van der Waals surface area contributed by atoms with Gasteiger partial charge in [-0.25, -0.2) is 19.4 Å². The van der Waals surface area contributed by atoms with E-state index in [-0.39, 0.29) is 40.0 Å². The number of carboxylic acid groups (broad SMARTS) is 2. The molecule has 4 atom stereocenters. The number of esters is 1. The molecular formula is C32H26ClN5O7. The van der Waals surface area contributed by atoms with Crippen LogP contribution in [-0.4, -0.2) is 60.4 Å². The Hall–Kier alpha value is -5.33. The van der Waals surface area contributed by atoms with Crippen molar-refractivity contribution in [3.8, 4) is 0 Å². The van der Waals surface area contributed by atoms with Crippen LogP contribution in [0, 0.1) is 0 Å². The molecule has 13 heteroatoms. The first-order valence-electron chi connectivity index (χ1n) is 13.8. The molecule has 2 aromatic heterocycles. The third kappa shape index (κ3) is 5.13. The second-order valence-corrected chi connectivity index (χ2v) is 11.0. The van der Waals surface area contributed by atoms with Crippen LogP contribution in [0.1, 0.15) is 61.3 Å². The number of carbonyl (C=O) groups is 3. The smallest absolute Gasteiger partial charge is 0.338 e. The molecule has 45 heavy (non-hydrogen) atoms. The average Bonchev–Trinajstić information content (AvgIpc) is 3.58. The molecule has 0 amide bonds. The maximum atomic E-state index is 13.0. The van der Waals surface area contributed by atoms with Gasteiger partial charge in [-0.1, -0.05) is 73.1 Å². The molecule has 3 heterocycles. The number of rotatable bonds is 8. The van der Waals surface area contributed by atoms with E-state index >= 15 is 0 Å². The molecule has 1 saturated heterocycles. The van der Waals surface area contributed by atoms with Crippen LogP contribution in [0.5, 0.6) is 0 Å². The van der Waals surface area contributed by atoms with Crippen molar-refractivity contribution in [2.45, 2.75) is 30.6 Å². The summed E-state index contributed by atoms with van der Waals surface area (Å²) in [5.74, 6) is -3.99. The molecule has 4 N–H and O–H groups in total. The lowest BCUT2D eigenvalue weighted by Crippen LogP contribution is -2.38. The number of aromatic nitrogens is 4. The third-order valence-electron chi connectivity index (χ3n) is 8.14. The second-order valence-electron chi connectivity index (χ2n) is 10.7. The minimum Gasteiger partial charge on any atom is -0.478 e. The number of hydrogen-bond donors (Lipinski definition) is 3. The molecule has 0 bridgehead atoms. The maximum Gasteiger partial charge on any atom is 0.338 e. The Kier molecular flexibility index (Phi) is 7.69. The van der Waals surface area contributed by atoms with Gasteiger partial charge in [-0.2, -0.15) is 9.97 Å². The predicted molar refractivity (Wildman–Crippen MR) is 162 cm³/mol. The Morgan fingerprint density at radius 3 is 2.31 bits per heavy atom. The Balaban J connectivity index is 1.59. The van der Waals surface area contributed by atoms with E-state index in [1.54, 1.807) is 78.2 Å². The standard InChI is InChI=1S/C32H26ClN5O7/c1-32(21-14-8-7-13-20(21)28(41)42)23(18-11-5-6-12-19(18)27(39)40)22(15-44-29(43)17-9-3-2-4-10-17)45-30(32)38-16-35-24-25(33)36-31(34)37-26(24)38/h2-14,16,22-23,30H,15H2,1H3,(H,39,40)(H,41,42)(H2,34,36,37)/t22-,23-,30+,32-/m0/s1. The maximum absolute atomic E-state index is 13.0. The van der Waals surface area contributed by atoms with Crippen molar-refractivity contribution in [1.29, 1.82) is 0 Å². The molecule has 1 aliphatic heterocycles. The number of carboxylic acids is 2. The molecule has 0 aliphatic carbocycles. The van der Waals surface area contributed by atoms with Crippen molar-refractivity contribution >= 4 is 46.6 Å². The number of imidazole rings is 1. The normalized spacial score (nSPS) is 21.1. The Labute approximate surface area is 261 Å². The summed E-state index contributed by atoms with van der Waals surface area (Å²) < 4.78 is 14.0. The summed E-state index contributed by atoms with van der Waals surface area (Å²) in [6.45, 7) is 1.48. The molecule has 0 radical (unpaired) electrons. The van der Waals surface area contributed by atoms with Gasteiger partial charge in [0.1, 0.15) is 24.5 Å². The Bertz CT molecular complexity index is 1950. The zero-order valence-corrected chi connectivity index (χ0v) is 24.5. The van der Waals surface area contributed by atoms with Gasteiger partial charge in [-0.3, -0.25) is 4.57 Å². The van der Waals surface area contributed by atoms with Gasteiger partial charge in [0, 0.05) is 11.3 Å². The molecule has 5 aromatic rings. The highest BCUT2D eigenvalue weighted by Gasteiger charge is 2.58. The first kappa shape index (κ1) is 29.7. The van der Waals surface area contributed by atoms with E-state index in [9.17, 15) is 24.6 Å². The summed E-state index contributed by atoms with van der Waals surface area (Å²) in [5, 5.41) is 20.5. The zero-order valence-electron chi connectivity index (χ0n) is 23.7. The van der Waals surface area contributed by atoms with E-state index in [0.717, 1.165) is 0 Å². The fraction of sp³-hybridized carbons (Fsp3) is 0.188. The molecule has 0 spiro atoms. The molecule has 12 nitrogen and oxygen atoms in total. The van der Waals surface area contributed by atoms with Gasteiger partial charge >= 0.3 is 17.9 Å². The van der Waals surface area contributed by atoms with Gasteiger partial charge in [0.2, 0.25) is 5.95 Å². The predicted octanol–water partition coefficient (Wildman–Crippen LogP) is 4.95. The second kappa shape index (κ2) is 11.6. The number of benzene rings is 3. The highest BCUT2D eigenvalue weighted by Crippen LogP contribution is 2.57. The SMILES string of the molecule is C[C@]1(c2ccccc2C(=O)O)[C@@H](c2ccccc2C(=O)O)[C@H](COC(=O)c2ccccc2)O[C@H]1n1cnc2c(Cl)nc(N)nc21. The average molecular weight is 628 g/mol. The first-order valence-corrected chi connectivity index (χ1v) is 14.2. The summed E-state index contributed by atoms with van der Waals surface area (Å²) in [5.41, 5.74) is 6.02. The van der Waals surface area contributed by atoms with Crippen LogP contribution in [-0.2, 0) is 14.9 Å². The largest absolute Gasteiger partial charge is 0.478 e. The van der Waals surface area contributed by atoms with E-state index in [4.69, 9.17) is 26.8 Å². The highest BCUT2D eigenvalue weighted by molar-refractivity contribution is 6.33. The van der Waals surface area contributed by atoms with E-state index < -0.39 is 41.6 Å². The monoisotopic (exact) mass is 627 g/mol. The van der Waals surface area contributed by atoms with Gasteiger partial charge in [-0.15, -0.1) is 0 Å². The van der Waals surface area contributed by atoms with Crippen LogP contribution in [0.2, 0.25) is 5.15 Å². The third-order valence-corrected chi connectivity index (χ3v) is 8.40. The van der Waals surface area contributed by atoms with Crippen molar-refractivity contribution in [3.63, 3.8) is 0 Å². The summed E-state index contributed by atoms with van der Waals surface area (Å²) in [4.78, 5) is 50.9. The fourth-order valence-corrected chi connectivity index (χ4v) is 6.45. The summed E-state index contributed by atoms with van der Waals surface area (Å²) in [7, 11) is 0. The van der Waals surface area contributed by atoms with Crippen LogP contribution in [0.15, 0.2) is 85.2 Å². The van der Waals surface area contributed by atoms with Crippen LogP contribution in [0.25, 0.3) is 11.2 Å². The minimum absolute atomic E-state index is 0.00278. The number of nitrogen functional groups attached to an aromatic ring is 1. The number of nitrogens with two attached hydrogens (primary N) is 1. The van der Waals surface area contributed by atoms with Crippen molar-refractivity contribution in [2.75, 3.05) is 12.3 Å². The number of halogens is 1.